The van der Waals surface area contributed by atoms with E-state index in [0.717, 1.165) is 5.56 Å². The highest BCUT2D eigenvalue weighted by molar-refractivity contribution is 5.99. The summed E-state index contributed by atoms with van der Waals surface area (Å²) in [5.41, 5.74) is 13.9. The van der Waals surface area contributed by atoms with Crippen LogP contribution in [0.25, 0.3) is 16.6 Å². The highest BCUT2D eigenvalue weighted by atomic mass is 16.7. The highest BCUT2D eigenvalue weighted by Crippen LogP contribution is 2.32. The van der Waals surface area contributed by atoms with Gasteiger partial charge in [-0.1, -0.05) is 30.3 Å². The van der Waals surface area contributed by atoms with Gasteiger partial charge in [0.25, 0.3) is 0 Å². The van der Waals surface area contributed by atoms with E-state index in [1.54, 1.807) is 29.0 Å². The molecule has 0 saturated carbocycles. The Kier molecular flexibility index (Phi) is 4.20. The molecule has 1 atom stereocenters. The maximum Gasteiger partial charge on any atom is 0.248 e. The highest BCUT2D eigenvalue weighted by Gasteiger charge is 2.28. The summed E-state index contributed by atoms with van der Waals surface area (Å²) in [7, 11) is 0. The van der Waals surface area contributed by atoms with Gasteiger partial charge in [-0.15, -0.1) is 5.10 Å². The van der Waals surface area contributed by atoms with E-state index < -0.39 is 5.91 Å². The van der Waals surface area contributed by atoms with Crippen LogP contribution in [0.1, 0.15) is 27.7 Å². The molecular weight excluding hydrogens is 384 g/mol. The summed E-state index contributed by atoms with van der Waals surface area (Å²) in [6, 6.07) is 15.0. The van der Waals surface area contributed by atoms with Gasteiger partial charge in [-0.05, 0) is 30.2 Å². The van der Waals surface area contributed by atoms with E-state index >= 15 is 0 Å². The van der Waals surface area contributed by atoms with Gasteiger partial charge in [-0.25, -0.2) is 4.98 Å². The molecule has 150 valence electrons. The van der Waals surface area contributed by atoms with Crippen molar-refractivity contribution in [3.05, 3.63) is 77.5 Å². The van der Waals surface area contributed by atoms with Crippen molar-refractivity contribution < 1.29 is 14.3 Å². The molecule has 1 amide bonds. The lowest BCUT2D eigenvalue weighted by molar-refractivity contribution is 0.0747. The van der Waals surface area contributed by atoms with Crippen LogP contribution in [0.4, 0.5) is 5.95 Å². The van der Waals surface area contributed by atoms with Crippen molar-refractivity contribution in [2.75, 3.05) is 12.5 Å². The predicted molar refractivity (Wildman–Crippen MR) is 109 cm³/mol. The SMILES string of the molecule is NC(=O)c1ccc2c(c1)nc(C(Cc1ccccc1)C1=COCO1)n1nc(N)nc21. The third kappa shape index (κ3) is 3.06. The maximum absolute atomic E-state index is 11.7. The van der Waals surface area contributed by atoms with Gasteiger partial charge in [0.1, 0.15) is 17.8 Å². The second-order valence-corrected chi connectivity index (χ2v) is 6.96. The van der Waals surface area contributed by atoms with Gasteiger partial charge in [0, 0.05) is 10.9 Å². The van der Waals surface area contributed by atoms with Crippen LogP contribution in [0.3, 0.4) is 0 Å². The van der Waals surface area contributed by atoms with Gasteiger partial charge in [0.15, 0.2) is 5.65 Å². The number of allylic oxidation sites excluding steroid dienone is 1. The molecule has 0 saturated heterocycles. The lowest BCUT2D eigenvalue weighted by Gasteiger charge is -2.18. The molecule has 5 rings (SSSR count). The number of hydrogen-bond acceptors (Lipinski definition) is 7. The van der Waals surface area contributed by atoms with E-state index in [2.05, 4.69) is 10.1 Å². The Hall–Kier alpha value is -4.14. The number of hydrogen-bond donors (Lipinski definition) is 2. The molecule has 2 aromatic carbocycles. The molecule has 0 fully saturated rings. The summed E-state index contributed by atoms with van der Waals surface area (Å²) in [4.78, 5) is 20.9. The lowest BCUT2D eigenvalue weighted by Crippen LogP contribution is -2.16. The number of rotatable bonds is 5. The van der Waals surface area contributed by atoms with Crippen molar-refractivity contribution in [2.24, 2.45) is 5.73 Å². The first-order valence-electron chi connectivity index (χ1n) is 9.34. The van der Waals surface area contributed by atoms with Crippen LogP contribution in [-0.4, -0.2) is 32.3 Å². The molecule has 4 N–H and O–H groups in total. The van der Waals surface area contributed by atoms with Gasteiger partial charge in [0.05, 0.1) is 11.4 Å². The van der Waals surface area contributed by atoms with Gasteiger partial charge >= 0.3 is 0 Å². The molecule has 9 nitrogen and oxygen atoms in total. The number of nitrogens with two attached hydrogens (primary N) is 2. The fourth-order valence-electron chi connectivity index (χ4n) is 3.63. The number of fused-ring (bicyclic) bond motifs is 3. The number of nitrogen functional groups attached to an aromatic ring is 1. The largest absolute Gasteiger partial charge is 0.462 e. The standard InChI is InChI=1S/C21H18N6O3/c22-18(28)13-6-7-14-16(9-13)24-20(27-19(14)25-21(23)26-27)15(17-10-29-11-30-17)8-12-4-2-1-3-5-12/h1-7,9-10,15H,8,11H2,(H2,22,28)(H2,23,26). The minimum atomic E-state index is -0.530. The number of benzene rings is 2. The third-order valence-electron chi connectivity index (χ3n) is 5.03. The molecule has 0 bridgehead atoms. The van der Waals surface area contributed by atoms with Crippen LogP contribution in [0, 0.1) is 0 Å². The molecule has 0 spiro atoms. The second-order valence-electron chi connectivity index (χ2n) is 6.96. The summed E-state index contributed by atoms with van der Waals surface area (Å²) >= 11 is 0. The Bertz CT molecular complexity index is 1300. The Morgan fingerprint density at radius 2 is 2.00 bits per heavy atom. The van der Waals surface area contributed by atoms with Crippen molar-refractivity contribution in [3.8, 4) is 0 Å². The quantitative estimate of drug-likeness (QED) is 0.523. The van der Waals surface area contributed by atoms with Crippen LogP contribution >= 0.6 is 0 Å². The summed E-state index contributed by atoms with van der Waals surface area (Å²) in [5, 5.41) is 5.07. The molecule has 1 aliphatic rings. The first-order chi connectivity index (χ1) is 14.6. The van der Waals surface area contributed by atoms with E-state index in [0.29, 0.717) is 40.1 Å². The monoisotopic (exact) mass is 402 g/mol. The Labute approximate surface area is 170 Å². The second kappa shape index (κ2) is 7.03. The number of anilines is 1. The van der Waals surface area contributed by atoms with Crippen LogP contribution < -0.4 is 11.5 Å². The van der Waals surface area contributed by atoms with Crippen molar-refractivity contribution in [1.82, 2.24) is 19.6 Å². The molecule has 9 heteroatoms. The zero-order chi connectivity index (χ0) is 20.7. The third-order valence-corrected chi connectivity index (χ3v) is 5.03. The van der Waals surface area contributed by atoms with Gasteiger partial charge in [-0.2, -0.15) is 9.50 Å². The van der Waals surface area contributed by atoms with Crippen LogP contribution in [0.2, 0.25) is 0 Å². The van der Waals surface area contributed by atoms with E-state index in [-0.39, 0.29) is 18.7 Å². The average Bonchev–Trinajstić information content (AvgIpc) is 3.41. The first-order valence-corrected chi connectivity index (χ1v) is 9.34. The summed E-state index contributed by atoms with van der Waals surface area (Å²) < 4.78 is 12.6. The van der Waals surface area contributed by atoms with Crippen molar-refractivity contribution in [3.63, 3.8) is 0 Å². The van der Waals surface area contributed by atoms with Crippen LogP contribution in [0.15, 0.2) is 60.6 Å². The molecule has 0 radical (unpaired) electrons. The van der Waals surface area contributed by atoms with Crippen molar-refractivity contribution in [1.29, 1.82) is 0 Å². The lowest BCUT2D eigenvalue weighted by atomic mass is 9.96. The van der Waals surface area contributed by atoms with Crippen LogP contribution in [0.5, 0.6) is 0 Å². The minimum absolute atomic E-state index is 0.126. The number of ether oxygens (including phenoxy) is 2. The van der Waals surface area contributed by atoms with Crippen LogP contribution in [-0.2, 0) is 15.9 Å². The number of amides is 1. The first kappa shape index (κ1) is 17.9. The average molecular weight is 402 g/mol. The fourth-order valence-corrected chi connectivity index (χ4v) is 3.63. The maximum atomic E-state index is 11.7. The minimum Gasteiger partial charge on any atom is -0.462 e. The van der Waals surface area contributed by atoms with Gasteiger partial charge in [-0.3, -0.25) is 4.79 Å². The number of primary amides is 1. The van der Waals surface area contributed by atoms with Gasteiger partial charge in [0.2, 0.25) is 18.6 Å². The normalized spacial score (nSPS) is 14.3. The molecule has 3 heterocycles. The smallest absolute Gasteiger partial charge is 0.248 e. The zero-order valence-electron chi connectivity index (χ0n) is 15.9. The summed E-state index contributed by atoms with van der Waals surface area (Å²) in [5.74, 6) is 0.494. The Morgan fingerprint density at radius 3 is 2.73 bits per heavy atom. The summed E-state index contributed by atoms with van der Waals surface area (Å²) in [6.45, 7) is 0.142. The summed E-state index contributed by atoms with van der Waals surface area (Å²) in [6.07, 6.45) is 2.18. The fraction of sp³-hybridized carbons (Fsp3) is 0.143. The van der Waals surface area contributed by atoms with E-state index in [1.165, 1.54) is 0 Å². The molecule has 4 aromatic rings. The number of aromatic nitrogens is 4. The Balaban J connectivity index is 1.75. The topological polar surface area (TPSA) is 131 Å². The molecule has 1 aliphatic heterocycles. The molecule has 1 unspecified atom stereocenters. The molecule has 2 aromatic heterocycles. The van der Waals surface area contributed by atoms with E-state index in [4.69, 9.17) is 25.9 Å². The number of carbonyl (C=O) groups excluding carboxylic acids is 1. The molecule has 0 aliphatic carbocycles. The number of carbonyl (C=O) groups is 1. The molecule has 30 heavy (non-hydrogen) atoms. The number of nitrogens with zero attached hydrogens (tertiary/aromatic N) is 4. The molecular formula is C21H18N6O3. The van der Waals surface area contributed by atoms with Crippen molar-refractivity contribution >= 4 is 28.4 Å². The predicted octanol–water partition coefficient (Wildman–Crippen LogP) is 2.13. The zero-order valence-corrected chi connectivity index (χ0v) is 15.9. The Morgan fingerprint density at radius 1 is 1.17 bits per heavy atom. The van der Waals surface area contributed by atoms with Gasteiger partial charge < -0.3 is 20.9 Å². The van der Waals surface area contributed by atoms with E-state index in [9.17, 15) is 4.79 Å². The van der Waals surface area contributed by atoms with Crippen molar-refractivity contribution in [2.45, 2.75) is 12.3 Å². The van der Waals surface area contributed by atoms with E-state index in [1.807, 2.05) is 30.3 Å².